The Morgan fingerprint density at radius 2 is 2.25 bits per heavy atom. The van der Waals surface area contributed by atoms with Crippen LogP contribution in [0.2, 0.25) is 0 Å². The third kappa shape index (κ3) is 1.44. The Morgan fingerprint density at radius 1 is 1.50 bits per heavy atom. The summed E-state index contributed by atoms with van der Waals surface area (Å²) in [6, 6.07) is 4.32. The minimum Gasteiger partial charge on any atom is -0.353 e. The summed E-state index contributed by atoms with van der Waals surface area (Å²) >= 11 is 3.34. The fourth-order valence-electron chi connectivity index (χ4n) is 1.25. The lowest BCUT2D eigenvalue weighted by Crippen LogP contribution is -2.56. The molecule has 0 unspecified atom stereocenters. The second-order valence-electron chi connectivity index (χ2n) is 3.00. The molecule has 64 valence electrons. The third-order valence-corrected chi connectivity index (χ3v) is 2.41. The number of pyridine rings is 1. The molecule has 0 aromatic carbocycles. The molecular formula is C8H10BrN3. The minimum atomic E-state index is 0.329. The Balaban J connectivity index is 2.09. The summed E-state index contributed by atoms with van der Waals surface area (Å²) in [5.41, 5.74) is 5.66. The lowest BCUT2D eigenvalue weighted by Gasteiger charge is -2.37. The highest BCUT2D eigenvalue weighted by Gasteiger charge is 2.23. The van der Waals surface area contributed by atoms with Gasteiger partial charge < -0.3 is 10.6 Å². The van der Waals surface area contributed by atoms with E-state index < -0.39 is 0 Å². The summed E-state index contributed by atoms with van der Waals surface area (Å²) in [4.78, 5) is 6.42. The molecule has 0 spiro atoms. The number of anilines is 1. The van der Waals surface area contributed by atoms with Gasteiger partial charge in [0, 0.05) is 29.8 Å². The van der Waals surface area contributed by atoms with Gasteiger partial charge in [0.1, 0.15) is 5.82 Å². The standard InChI is InChI=1S/C8H10BrN3/c9-6-1-2-8(11-3-6)12-4-7(10)5-12/h1-3,7H,4-5,10H2. The molecule has 2 heterocycles. The van der Waals surface area contributed by atoms with Crippen LogP contribution in [0.15, 0.2) is 22.8 Å². The first-order valence-electron chi connectivity index (χ1n) is 3.88. The molecule has 1 aromatic rings. The lowest BCUT2D eigenvalue weighted by molar-refractivity contribution is 0.514. The van der Waals surface area contributed by atoms with Crippen LogP contribution in [0.4, 0.5) is 5.82 Å². The summed E-state index contributed by atoms with van der Waals surface area (Å²) in [5, 5.41) is 0. The molecule has 0 radical (unpaired) electrons. The summed E-state index contributed by atoms with van der Waals surface area (Å²) in [5.74, 6) is 1.01. The molecule has 0 amide bonds. The van der Waals surface area contributed by atoms with E-state index in [2.05, 4.69) is 25.8 Å². The number of hydrogen-bond donors (Lipinski definition) is 1. The SMILES string of the molecule is NC1CN(c2ccc(Br)cn2)C1. The normalized spacial score (nSPS) is 17.7. The van der Waals surface area contributed by atoms with Crippen LogP contribution >= 0.6 is 15.9 Å². The highest BCUT2D eigenvalue weighted by molar-refractivity contribution is 9.10. The summed E-state index contributed by atoms with van der Waals surface area (Å²) in [7, 11) is 0. The van der Waals surface area contributed by atoms with Crippen LogP contribution in [0.5, 0.6) is 0 Å². The van der Waals surface area contributed by atoms with Crippen molar-refractivity contribution < 1.29 is 0 Å². The first-order chi connectivity index (χ1) is 5.75. The molecule has 3 nitrogen and oxygen atoms in total. The highest BCUT2D eigenvalue weighted by atomic mass is 79.9. The van der Waals surface area contributed by atoms with Crippen molar-refractivity contribution in [3.63, 3.8) is 0 Å². The molecule has 2 rings (SSSR count). The fourth-order valence-corrected chi connectivity index (χ4v) is 1.49. The molecule has 1 fully saturated rings. The monoisotopic (exact) mass is 227 g/mol. The van der Waals surface area contributed by atoms with Gasteiger partial charge >= 0.3 is 0 Å². The maximum atomic E-state index is 5.66. The van der Waals surface area contributed by atoms with Crippen LogP contribution in [0.25, 0.3) is 0 Å². The molecule has 0 bridgehead atoms. The second kappa shape index (κ2) is 3.03. The molecule has 0 saturated carbocycles. The van der Waals surface area contributed by atoms with Gasteiger partial charge in [-0.15, -0.1) is 0 Å². The van der Waals surface area contributed by atoms with Crippen LogP contribution in [-0.4, -0.2) is 24.1 Å². The van der Waals surface area contributed by atoms with Gasteiger partial charge in [-0.25, -0.2) is 4.98 Å². The molecule has 12 heavy (non-hydrogen) atoms. The van der Waals surface area contributed by atoms with Crippen LogP contribution in [0.1, 0.15) is 0 Å². The molecule has 2 N–H and O–H groups in total. The van der Waals surface area contributed by atoms with Gasteiger partial charge in [-0.1, -0.05) is 0 Å². The Kier molecular flexibility index (Phi) is 2.02. The van der Waals surface area contributed by atoms with Gasteiger partial charge in [0.2, 0.25) is 0 Å². The van der Waals surface area contributed by atoms with E-state index >= 15 is 0 Å². The molecule has 1 aromatic heterocycles. The topological polar surface area (TPSA) is 42.1 Å². The zero-order valence-corrected chi connectivity index (χ0v) is 8.16. The van der Waals surface area contributed by atoms with Gasteiger partial charge in [-0.2, -0.15) is 0 Å². The predicted molar refractivity (Wildman–Crippen MR) is 52.1 cm³/mol. The molecule has 1 aliphatic rings. The van der Waals surface area contributed by atoms with Crippen molar-refractivity contribution in [2.75, 3.05) is 18.0 Å². The molecule has 0 atom stereocenters. The summed E-state index contributed by atoms with van der Waals surface area (Å²) < 4.78 is 1.01. The Hall–Kier alpha value is -0.610. The zero-order valence-electron chi connectivity index (χ0n) is 6.57. The van der Waals surface area contributed by atoms with E-state index in [4.69, 9.17) is 5.73 Å². The van der Waals surface area contributed by atoms with Gasteiger partial charge in [-0.3, -0.25) is 0 Å². The lowest BCUT2D eigenvalue weighted by atomic mass is 10.1. The van der Waals surface area contributed by atoms with E-state index in [-0.39, 0.29) is 0 Å². The second-order valence-corrected chi connectivity index (χ2v) is 3.92. The average Bonchev–Trinajstić information content (AvgIpc) is 2.01. The molecule has 1 saturated heterocycles. The number of aromatic nitrogens is 1. The van der Waals surface area contributed by atoms with E-state index in [1.165, 1.54) is 0 Å². The van der Waals surface area contributed by atoms with Crippen molar-refractivity contribution in [1.82, 2.24) is 4.98 Å². The van der Waals surface area contributed by atoms with Crippen LogP contribution in [0.3, 0.4) is 0 Å². The van der Waals surface area contributed by atoms with Gasteiger partial charge in [-0.05, 0) is 28.1 Å². The Bertz CT molecular complexity index is 266. The Labute approximate surface area is 79.7 Å². The van der Waals surface area contributed by atoms with E-state index in [1.807, 2.05) is 12.1 Å². The van der Waals surface area contributed by atoms with Crippen molar-refractivity contribution in [2.45, 2.75) is 6.04 Å². The van der Waals surface area contributed by atoms with Crippen molar-refractivity contribution in [3.8, 4) is 0 Å². The van der Waals surface area contributed by atoms with E-state index in [1.54, 1.807) is 6.20 Å². The first-order valence-corrected chi connectivity index (χ1v) is 4.67. The van der Waals surface area contributed by atoms with Crippen LogP contribution < -0.4 is 10.6 Å². The smallest absolute Gasteiger partial charge is 0.128 e. The first kappa shape index (κ1) is 8.01. The number of rotatable bonds is 1. The van der Waals surface area contributed by atoms with Crippen molar-refractivity contribution in [2.24, 2.45) is 5.73 Å². The molecule has 1 aliphatic heterocycles. The van der Waals surface area contributed by atoms with Crippen molar-refractivity contribution in [1.29, 1.82) is 0 Å². The number of hydrogen-bond acceptors (Lipinski definition) is 3. The average molecular weight is 228 g/mol. The zero-order chi connectivity index (χ0) is 8.55. The number of halogens is 1. The van der Waals surface area contributed by atoms with E-state index in [9.17, 15) is 0 Å². The predicted octanol–water partition coefficient (Wildman–Crippen LogP) is 0.991. The number of nitrogens with two attached hydrogens (primary N) is 1. The van der Waals surface area contributed by atoms with Crippen LogP contribution in [-0.2, 0) is 0 Å². The van der Waals surface area contributed by atoms with Gasteiger partial charge in [0.15, 0.2) is 0 Å². The summed E-state index contributed by atoms with van der Waals surface area (Å²) in [6.45, 7) is 1.85. The number of nitrogens with zero attached hydrogens (tertiary/aromatic N) is 2. The summed E-state index contributed by atoms with van der Waals surface area (Å²) in [6.07, 6.45) is 1.80. The quantitative estimate of drug-likeness (QED) is 0.779. The van der Waals surface area contributed by atoms with Crippen molar-refractivity contribution in [3.05, 3.63) is 22.8 Å². The largest absolute Gasteiger partial charge is 0.353 e. The molecule has 0 aliphatic carbocycles. The molecular weight excluding hydrogens is 218 g/mol. The van der Waals surface area contributed by atoms with E-state index in [0.717, 1.165) is 23.4 Å². The third-order valence-electron chi connectivity index (χ3n) is 1.95. The maximum absolute atomic E-state index is 5.66. The fraction of sp³-hybridized carbons (Fsp3) is 0.375. The Morgan fingerprint density at radius 3 is 2.75 bits per heavy atom. The van der Waals surface area contributed by atoms with Crippen LogP contribution in [0, 0.1) is 0 Å². The van der Waals surface area contributed by atoms with Gasteiger partial charge in [0.05, 0.1) is 0 Å². The minimum absolute atomic E-state index is 0.329. The molecule has 4 heteroatoms. The maximum Gasteiger partial charge on any atom is 0.128 e. The van der Waals surface area contributed by atoms with Gasteiger partial charge in [0.25, 0.3) is 0 Å². The van der Waals surface area contributed by atoms with E-state index in [0.29, 0.717) is 6.04 Å². The highest BCUT2D eigenvalue weighted by Crippen LogP contribution is 2.18. The van der Waals surface area contributed by atoms with Crippen molar-refractivity contribution >= 4 is 21.7 Å².